The largest absolute Gasteiger partial charge is 0.493 e. The first kappa shape index (κ1) is 35.3. The average molecular weight is 645 g/mol. The first-order valence-electron chi connectivity index (χ1n) is 14.3. The van der Waals surface area contributed by atoms with Gasteiger partial charge in [0.2, 0.25) is 0 Å². The molecule has 46 heavy (non-hydrogen) atoms. The van der Waals surface area contributed by atoms with E-state index in [-0.39, 0.29) is 55.3 Å². The summed E-state index contributed by atoms with van der Waals surface area (Å²) in [4.78, 5) is 36.7. The van der Waals surface area contributed by atoms with Gasteiger partial charge in [-0.25, -0.2) is 14.4 Å². The van der Waals surface area contributed by atoms with Crippen LogP contribution in [0.25, 0.3) is 6.08 Å². The highest BCUT2D eigenvalue weighted by Gasteiger charge is 2.26. The van der Waals surface area contributed by atoms with Crippen LogP contribution in [0.5, 0.6) is 17.2 Å². The van der Waals surface area contributed by atoms with E-state index in [1.165, 1.54) is 49.6 Å². The molecule has 0 bridgehead atoms. The van der Waals surface area contributed by atoms with Gasteiger partial charge in [0, 0.05) is 23.9 Å². The molecule has 0 aromatic heterocycles. The SMILES string of the molecule is COc1cc(C(=O)Oc2ccc(C=CC(=O)OCCCCOC(=O)c3cc(N)cc(N)c3)cc2)ccc1OCCCCC(F)(F)F. The highest BCUT2D eigenvalue weighted by Crippen LogP contribution is 2.29. The number of nitrogens with two attached hydrogens (primary N) is 2. The first-order valence-corrected chi connectivity index (χ1v) is 14.3. The molecule has 0 fully saturated rings. The predicted octanol–water partition coefficient (Wildman–Crippen LogP) is 6.38. The lowest BCUT2D eigenvalue weighted by Crippen LogP contribution is -2.10. The molecule has 10 nitrogen and oxygen atoms in total. The molecular formula is C33H35F3N2O8. The zero-order chi connectivity index (χ0) is 33.5. The Bertz CT molecular complexity index is 1490. The molecule has 0 spiro atoms. The Morgan fingerprint density at radius 2 is 1.39 bits per heavy atom. The van der Waals surface area contributed by atoms with E-state index in [1.54, 1.807) is 30.3 Å². The van der Waals surface area contributed by atoms with Crippen molar-refractivity contribution in [2.75, 3.05) is 38.4 Å². The Kier molecular flexibility index (Phi) is 13.3. The van der Waals surface area contributed by atoms with Gasteiger partial charge in [-0.15, -0.1) is 0 Å². The number of halogens is 3. The number of unbranched alkanes of at least 4 members (excludes halogenated alkanes) is 2. The minimum absolute atomic E-state index is 0.0549. The summed E-state index contributed by atoms with van der Waals surface area (Å²) < 4.78 is 63.3. The third-order valence-electron chi connectivity index (χ3n) is 6.24. The topological polar surface area (TPSA) is 149 Å². The van der Waals surface area contributed by atoms with E-state index >= 15 is 0 Å². The van der Waals surface area contributed by atoms with Crippen LogP contribution in [0.3, 0.4) is 0 Å². The number of alkyl halides is 3. The van der Waals surface area contributed by atoms with Gasteiger partial charge in [0.05, 0.1) is 38.1 Å². The highest BCUT2D eigenvalue weighted by molar-refractivity contribution is 5.92. The van der Waals surface area contributed by atoms with E-state index < -0.39 is 30.5 Å². The van der Waals surface area contributed by atoms with Gasteiger partial charge in [0.25, 0.3) is 0 Å². The van der Waals surface area contributed by atoms with Gasteiger partial charge >= 0.3 is 24.1 Å². The summed E-state index contributed by atoms with van der Waals surface area (Å²) in [5.74, 6) is -0.964. The molecular weight excluding hydrogens is 609 g/mol. The lowest BCUT2D eigenvalue weighted by Gasteiger charge is -2.12. The average Bonchev–Trinajstić information content (AvgIpc) is 3.01. The summed E-state index contributed by atoms with van der Waals surface area (Å²) in [7, 11) is 1.38. The Morgan fingerprint density at radius 1 is 0.739 bits per heavy atom. The van der Waals surface area contributed by atoms with Crippen molar-refractivity contribution in [2.45, 2.75) is 38.3 Å². The molecule has 4 N–H and O–H groups in total. The van der Waals surface area contributed by atoms with Gasteiger partial charge in [-0.05, 0) is 85.9 Å². The van der Waals surface area contributed by atoms with Gasteiger partial charge in [-0.1, -0.05) is 12.1 Å². The molecule has 0 aliphatic heterocycles. The van der Waals surface area contributed by atoms with E-state index in [4.69, 9.17) is 35.2 Å². The minimum atomic E-state index is -4.20. The van der Waals surface area contributed by atoms with Crippen molar-refractivity contribution in [3.8, 4) is 17.2 Å². The van der Waals surface area contributed by atoms with Gasteiger partial charge in [0.15, 0.2) is 11.5 Å². The number of nitrogen functional groups attached to an aromatic ring is 2. The summed E-state index contributed by atoms with van der Waals surface area (Å²) in [5, 5.41) is 0. The molecule has 246 valence electrons. The van der Waals surface area contributed by atoms with Gasteiger partial charge in [-0.3, -0.25) is 0 Å². The number of methoxy groups -OCH3 is 1. The second-order valence-corrected chi connectivity index (χ2v) is 9.98. The number of rotatable bonds is 16. The van der Waals surface area contributed by atoms with Crippen molar-refractivity contribution < 1.29 is 51.2 Å². The summed E-state index contributed by atoms with van der Waals surface area (Å²) in [6.45, 7) is 0.347. The van der Waals surface area contributed by atoms with Crippen molar-refractivity contribution in [3.05, 3.63) is 83.4 Å². The molecule has 0 unspecified atom stereocenters. The van der Waals surface area contributed by atoms with Crippen LogP contribution in [-0.4, -0.2) is 51.0 Å². The van der Waals surface area contributed by atoms with Crippen molar-refractivity contribution in [3.63, 3.8) is 0 Å². The Hall–Kier alpha value is -5.20. The van der Waals surface area contributed by atoms with Crippen LogP contribution < -0.4 is 25.7 Å². The highest BCUT2D eigenvalue weighted by atomic mass is 19.4. The van der Waals surface area contributed by atoms with Gasteiger partial charge in [0.1, 0.15) is 5.75 Å². The molecule has 0 aliphatic carbocycles. The van der Waals surface area contributed by atoms with Crippen molar-refractivity contribution >= 4 is 35.4 Å². The maximum atomic E-state index is 12.6. The van der Waals surface area contributed by atoms with Crippen LogP contribution in [-0.2, 0) is 14.3 Å². The summed E-state index contributed by atoms with van der Waals surface area (Å²) in [6, 6.07) is 15.2. The van der Waals surface area contributed by atoms with E-state index in [9.17, 15) is 27.6 Å². The molecule has 13 heteroatoms. The fraction of sp³-hybridized carbons (Fsp3) is 0.303. The molecule has 0 saturated heterocycles. The van der Waals surface area contributed by atoms with Crippen molar-refractivity contribution in [2.24, 2.45) is 0 Å². The lowest BCUT2D eigenvalue weighted by atomic mass is 10.2. The zero-order valence-electron chi connectivity index (χ0n) is 25.1. The Labute approximate surface area is 264 Å². The number of hydrogen-bond acceptors (Lipinski definition) is 10. The molecule has 0 heterocycles. The quantitative estimate of drug-likeness (QED) is 0.0591. The molecule has 3 aromatic rings. The zero-order valence-corrected chi connectivity index (χ0v) is 25.1. The standard InChI is InChI=1S/C33H35F3N2O8/c1-42-29-20-23(9-12-28(29)43-15-3-2-14-33(34,35)36)32(41)46-27-10-6-22(7-11-27)8-13-30(39)44-16-4-5-17-45-31(40)24-18-25(37)21-26(38)19-24/h6-13,18-21H,2-5,14-17,37-38H2,1H3. The molecule has 3 rings (SSSR count). The number of esters is 3. The van der Waals surface area contributed by atoms with Crippen molar-refractivity contribution in [1.29, 1.82) is 0 Å². The van der Waals surface area contributed by atoms with Crippen LogP contribution in [0.1, 0.15) is 58.4 Å². The summed E-state index contributed by atoms with van der Waals surface area (Å²) in [6.07, 6.45) is -1.15. The maximum absolute atomic E-state index is 12.6. The normalized spacial score (nSPS) is 11.2. The fourth-order valence-corrected chi connectivity index (χ4v) is 3.97. The second kappa shape index (κ2) is 17.3. The molecule has 0 aliphatic rings. The molecule has 0 saturated carbocycles. The third kappa shape index (κ3) is 12.4. The summed E-state index contributed by atoms with van der Waals surface area (Å²) >= 11 is 0. The van der Waals surface area contributed by atoms with Crippen LogP contribution >= 0.6 is 0 Å². The Morgan fingerprint density at radius 3 is 2.04 bits per heavy atom. The van der Waals surface area contributed by atoms with E-state index in [0.717, 1.165) is 0 Å². The number of hydrogen-bond donors (Lipinski definition) is 2. The minimum Gasteiger partial charge on any atom is -0.493 e. The van der Waals surface area contributed by atoms with Crippen LogP contribution in [0.4, 0.5) is 24.5 Å². The van der Waals surface area contributed by atoms with E-state index in [1.807, 2.05) is 0 Å². The smallest absolute Gasteiger partial charge is 0.389 e. The van der Waals surface area contributed by atoms with Crippen LogP contribution in [0.2, 0.25) is 0 Å². The third-order valence-corrected chi connectivity index (χ3v) is 6.24. The van der Waals surface area contributed by atoms with Gasteiger partial charge in [-0.2, -0.15) is 13.2 Å². The number of benzene rings is 3. The number of ether oxygens (including phenoxy) is 5. The molecule has 3 aromatic carbocycles. The number of anilines is 2. The van der Waals surface area contributed by atoms with E-state index in [2.05, 4.69) is 0 Å². The van der Waals surface area contributed by atoms with Crippen LogP contribution in [0, 0.1) is 0 Å². The number of carbonyl (C=O) groups excluding carboxylic acids is 3. The Balaban J connectivity index is 1.37. The molecule has 0 atom stereocenters. The number of carbonyl (C=O) groups is 3. The monoisotopic (exact) mass is 644 g/mol. The first-order chi connectivity index (χ1) is 21.9. The predicted molar refractivity (Wildman–Crippen MR) is 165 cm³/mol. The maximum Gasteiger partial charge on any atom is 0.389 e. The van der Waals surface area contributed by atoms with Crippen molar-refractivity contribution in [1.82, 2.24) is 0 Å². The fourth-order valence-electron chi connectivity index (χ4n) is 3.97. The van der Waals surface area contributed by atoms with Crippen LogP contribution in [0.15, 0.2) is 66.7 Å². The lowest BCUT2D eigenvalue weighted by molar-refractivity contribution is -0.138. The second-order valence-electron chi connectivity index (χ2n) is 9.98. The summed E-state index contributed by atoms with van der Waals surface area (Å²) in [5.41, 5.74) is 13.2. The molecule has 0 radical (unpaired) electrons. The van der Waals surface area contributed by atoms with E-state index in [0.29, 0.717) is 35.5 Å². The van der Waals surface area contributed by atoms with Gasteiger partial charge < -0.3 is 35.2 Å². The molecule has 0 amide bonds.